The van der Waals surface area contributed by atoms with Crippen molar-refractivity contribution in [3.63, 3.8) is 0 Å². The Balaban J connectivity index is 1.94. The van der Waals surface area contributed by atoms with Gasteiger partial charge in [-0.15, -0.1) is 11.3 Å². The van der Waals surface area contributed by atoms with Crippen molar-refractivity contribution in [2.24, 2.45) is 0 Å². The lowest BCUT2D eigenvalue weighted by Crippen LogP contribution is -2.25. The van der Waals surface area contributed by atoms with Gasteiger partial charge in [-0.25, -0.2) is 4.98 Å². The molecule has 2 aromatic rings. The molecule has 2 nitrogen and oxygen atoms in total. The van der Waals surface area contributed by atoms with Crippen LogP contribution < -0.4 is 5.32 Å². The van der Waals surface area contributed by atoms with Crippen LogP contribution in [0, 0.1) is 0 Å². The van der Waals surface area contributed by atoms with E-state index in [-0.39, 0.29) is 0 Å². The maximum Gasteiger partial charge on any atom is 0.0965 e. The maximum atomic E-state index is 4.39. The van der Waals surface area contributed by atoms with E-state index in [1.54, 1.807) is 11.3 Å². The highest BCUT2D eigenvalue weighted by Crippen LogP contribution is 2.21. The van der Waals surface area contributed by atoms with Crippen LogP contribution in [-0.2, 0) is 6.42 Å². The van der Waals surface area contributed by atoms with Gasteiger partial charge in [0.05, 0.1) is 5.01 Å². The van der Waals surface area contributed by atoms with E-state index in [9.17, 15) is 0 Å². The highest BCUT2D eigenvalue weighted by molar-refractivity contribution is 7.09. The lowest BCUT2D eigenvalue weighted by atomic mass is 10.0. The SMILES string of the molecule is CCc1ccc(C(CC)NCC(C)c2nccs2)cc1. The van der Waals surface area contributed by atoms with E-state index in [1.165, 1.54) is 16.1 Å². The van der Waals surface area contributed by atoms with Crippen LogP contribution in [0.4, 0.5) is 0 Å². The second kappa shape index (κ2) is 7.55. The highest BCUT2D eigenvalue weighted by atomic mass is 32.1. The summed E-state index contributed by atoms with van der Waals surface area (Å²) >= 11 is 1.74. The van der Waals surface area contributed by atoms with Crippen LogP contribution in [0.1, 0.15) is 55.3 Å². The van der Waals surface area contributed by atoms with Crippen LogP contribution in [-0.4, -0.2) is 11.5 Å². The fourth-order valence-electron chi connectivity index (χ4n) is 2.37. The number of aryl methyl sites for hydroxylation is 1. The topological polar surface area (TPSA) is 24.9 Å². The molecular weight excluding hydrogens is 264 g/mol. The van der Waals surface area contributed by atoms with E-state index < -0.39 is 0 Å². The molecule has 20 heavy (non-hydrogen) atoms. The third-order valence-corrected chi connectivity index (χ3v) is 4.75. The first-order valence-electron chi connectivity index (χ1n) is 7.46. The third-order valence-electron chi connectivity index (χ3n) is 3.74. The van der Waals surface area contributed by atoms with Gasteiger partial charge in [-0.2, -0.15) is 0 Å². The number of rotatable bonds is 7. The molecule has 0 saturated carbocycles. The summed E-state index contributed by atoms with van der Waals surface area (Å²) < 4.78 is 0. The zero-order valence-corrected chi connectivity index (χ0v) is 13.4. The largest absolute Gasteiger partial charge is 0.309 e. The molecule has 2 rings (SSSR count). The summed E-state index contributed by atoms with van der Waals surface area (Å²) in [5.74, 6) is 0.471. The van der Waals surface area contributed by atoms with Crippen molar-refractivity contribution >= 4 is 11.3 Å². The summed E-state index contributed by atoms with van der Waals surface area (Å²) in [6.45, 7) is 7.64. The Labute approximate surface area is 126 Å². The minimum Gasteiger partial charge on any atom is -0.309 e. The van der Waals surface area contributed by atoms with Gasteiger partial charge in [-0.1, -0.05) is 45.0 Å². The van der Waals surface area contributed by atoms with Gasteiger partial charge in [0.2, 0.25) is 0 Å². The van der Waals surface area contributed by atoms with E-state index in [4.69, 9.17) is 0 Å². The fourth-order valence-corrected chi connectivity index (χ4v) is 3.07. The van der Waals surface area contributed by atoms with E-state index in [0.29, 0.717) is 12.0 Å². The van der Waals surface area contributed by atoms with Crippen molar-refractivity contribution in [1.82, 2.24) is 10.3 Å². The van der Waals surface area contributed by atoms with Crippen molar-refractivity contribution in [1.29, 1.82) is 0 Å². The predicted molar refractivity (Wildman–Crippen MR) is 87.4 cm³/mol. The molecule has 0 radical (unpaired) electrons. The number of hydrogen-bond acceptors (Lipinski definition) is 3. The van der Waals surface area contributed by atoms with Gasteiger partial charge in [0.25, 0.3) is 0 Å². The lowest BCUT2D eigenvalue weighted by molar-refractivity contribution is 0.494. The maximum absolute atomic E-state index is 4.39. The van der Waals surface area contributed by atoms with Crippen molar-refractivity contribution in [2.45, 2.75) is 45.6 Å². The molecule has 3 heteroatoms. The average Bonchev–Trinajstić information content (AvgIpc) is 3.02. The molecule has 1 N–H and O–H groups in total. The number of nitrogens with zero attached hydrogens (tertiary/aromatic N) is 1. The van der Waals surface area contributed by atoms with Gasteiger partial charge >= 0.3 is 0 Å². The van der Waals surface area contributed by atoms with Gasteiger partial charge in [0.1, 0.15) is 0 Å². The van der Waals surface area contributed by atoms with E-state index >= 15 is 0 Å². The van der Waals surface area contributed by atoms with Gasteiger partial charge in [-0.05, 0) is 24.0 Å². The van der Waals surface area contributed by atoms with Crippen LogP contribution in [0.25, 0.3) is 0 Å². The minimum atomic E-state index is 0.434. The number of hydrogen-bond donors (Lipinski definition) is 1. The van der Waals surface area contributed by atoms with Crippen molar-refractivity contribution < 1.29 is 0 Å². The van der Waals surface area contributed by atoms with E-state index in [0.717, 1.165) is 19.4 Å². The molecular formula is C17H24N2S. The van der Waals surface area contributed by atoms with Gasteiger partial charge < -0.3 is 5.32 Å². The van der Waals surface area contributed by atoms with E-state index in [2.05, 4.69) is 55.3 Å². The van der Waals surface area contributed by atoms with Crippen LogP contribution in [0.2, 0.25) is 0 Å². The summed E-state index contributed by atoms with van der Waals surface area (Å²) in [4.78, 5) is 4.39. The Hall–Kier alpha value is -1.19. The Bertz CT molecular complexity index is 490. The summed E-state index contributed by atoms with van der Waals surface area (Å²) in [6, 6.07) is 9.43. The first-order valence-corrected chi connectivity index (χ1v) is 8.34. The van der Waals surface area contributed by atoms with Gasteiger partial charge in [-0.3, -0.25) is 0 Å². The Kier molecular flexibility index (Phi) is 5.74. The summed E-state index contributed by atoms with van der Waals surface area (Å²) in [7, 11) is 0. The molecule has 0 aliphatic rings. The first-order chi connectivity index (χ1) is 9.74. The quantitative estimate of drug-likeness (QED) is 0.808. The predicted octanol–water partition coefficient (Wildman–Crippen LogP) is 4.55. The smallest absolute Gasteiger partial charge is 0.0965 e. The molecule has 1 aromatic carbocycles. The van der Waals surface area contributed by atoms with Crippen molar-refractivity contribution in [2.75, 3.05) is 6.54 Å². The second-order valence-electron chi connectivity index (χ2n) is 5.24. The molecule has 2 unspecified atom stereocenters. The summed E-state index contributed by atoms with van der Waals surface area (Å²) in [6.07, 6.45) is 4.10. The molecule has 0 saturated heterocycles. The molecule has 0 fully saturated rings. The summed E-state index contributed by atoms with van der Waals surface area (Å²) in [5, 5.41) is 6.94. The monoisotopic (exact) mass is 288 g/mol. The molecule has 0 aliphatic carbocycles. The second-order valence-corrected chi connectivity index (χ2v) is 6.16. The standard InChI is InChI=1S/C17H24N2S/c1-4-14-6-8-15(9-7-14)16(5-2)19-12-13(3)17-18-10-11-20-17/h6-11,13,16,19H,4-5,12H2,1-3H3. The zero-order chi connectivity index (χ0) is 14.4. The highest BCUT2D eigenvalue weighted by Gasteiger charge is 2.13. The number of nitrogens with one attached hydrogen (secondary N) is 1. The molecule has 0 aliphatic heterocycles. The van der Waals surface area contributed by atoms with Gasteiger partial charge in [0, 0.05) is 30.1 Å². The minimum absolute atomic E-state index is 0.434. The molecule has 1 aromatic heterocycles. The lowest BCUT2D eigenvalue weighted by Gasteiger charge is -2.20. The number of thiazole rings is 1. The number of aromatic nitrogens is 1. The fraction of sp³-hybridized carbons (Fsp3) is 0.471. The Morgan fingerprint density at radius 1 is 1.20 bits per heavy atom. The normalized spacial score (nSPS) is 14.2. The zero-order valence-electron chi connectivity index (χ0n) is 12.6. The average molecular weight is 288 g/mol. The van der Waals surface area contributed by atoms with Crippen LogP contribution >= 0.6 is 11.3 Å². The Morgan fingerprint density at radius 2 is 1.95 bits per heavy atom. The number of benzene rings is 1. The molecule has 0 amide bonds. The van der Waals surface area contributed by atoms with Crippen LogP contribution in [0.5, 0.6) is 0 Å². The Morgan fingerprint density at radius 3 is 2.50 bits per heavy atom. The van der Waals surface area contributed by atoms with Crippen LogP contribution in [0.15, 0.2) is 35.8 Å². The summed E-state index contributed by atoms with van der Waals surface area (Å²) in [5.41, 5.74) is 2.79. The molecule has 2 atom stereocenters. The van der Waals surface area contributed by atoms with E-state index in [1.807, 2.05) is 11.6 Å². The molecule has 0 bridgehead atoms. The van der Waals surface area contributed by atoms with Gasteiger partial charge in [0.15, 0.2) is 0 Å². The first kappa shape index (κ1) is 15.2. The third kappa shape index (κ3) is 3.90. The molecule has 0 spiro atoms. The van der Waals surface area contributed by atoms with Crippen molar-refractivity contribution in [3.05, 3.63) is 52.0 Å². The molecule has 1 heterocycles. The molecule has 108 valence electrons. The van der Waals surface area contributed by atoms with Crippen molar-refractivity contribution in [3.8, 4) is 0 Å². The van der Waals surface area contributed by atoms with Crippen LogP contribution in [0.3, 0.4) is 0 Å².